The van der Waals surface area contributed by atoms with Crippen LogP contribution < -0.4 is 5.32 Å². The van der Waals surface area contributed by atoms with Crippen molar-refractivity contribution in [1.82, 2.24) is 14.8 Å². The number of anilines is 1. The summed E-state index contributed by atoms with van der Waals surface area (Å²) in [6.45, 7) is 3.84. The van der Waals surface area contributed by atoms with E-state index in [4.69, 9.17) is 5.26 Å². The van der Waals surface area contributed by atoms with Gasteiger partial charge in [-0.2, -0.15) is 5.26 Å². The van der Waals surface area contributed by atoms with Gasteiger partial charge < -0.3 is 10.2 Å². The molecule has 44 heavy (non-hydrogen) atoms. The molecule has 0 radical (unpaired) electrons. The molecule has 2 amide bonds. The molecular formula is C36H34FN5O2. The Bertz CT molecular complexity index is 1670. The molecular weight excluding hydrogens is 553 g/mol. The fraction of sp³-hybridized carbons (Fsp3) is 0.278. The van der Waals surface area contributed by atoms with E-state index in [0.29, 0.717) is 35.8 Å². The van der Waals surface area contributed by atoms with Crippen molar-refractivity contribution < 1.29 is 14.0 Å². The number of likely N-dealkylation sites (tertiary alicyclic amines) is 1. The minimum atomic E-state index is -0.323. The summed E-state index contributed by atoms with van der Waals surface area (Å²) in [5.74, 6) is -0.168. The molecule has 0 saturated carbocycles. The van der Waals surface area contributed by atoms with Crippen molar-refractivity contribution in [3.8, 4) is 6.07 Å². The van der Waals surface area contributed by atoms with Crippen molar-refractivity contribution >= 4 is 17.5 Å². The molecule has 2 aliphatic heterocycles. The van der Waals surface area contributed by atoms with Crippen LogP contribution >= 0.6 is 0 Å². The number of amides is 2. The van der Waals surface area contributed by atoms with Gasteiger partial charge in [-0.3, -0.25) is 19.5 Å². The van der Waals surface area contributed by atoms with Crippen molar-refractivity contribution in [1.29, 1.82) is 5.26 Å². The summed E-state index contributed by atoms with van der Waals surface area (Å²) in [6.07, 6.45) is 5.09. The van der Waals surface area contributed by atoms with E-state index in [0.717, 1.165) is 56.4 Å². The standard InChI is InChI=1S/C36H34FN5O2/c37-32-9-5-25(6-10-32)19-26-13-17-42(18-14-26)36(44)30-8-12-34(39-22-30)35(43)40-33-11-7-29-15-16-41(24-31(29)20-33)23-28-3-1-27(21-38)2-4-28/h1-12,20,22,26H,13-19,23-24H2,(H,40,43). The first-order valence-electron chi connectivity index (χ1n) is 15.1. The molecule has 6 rings (SSSR count). The fourth-order valence-electron chi connectivity index (χ4n) is 6.10. The van der Waals surface area contributed by atoms with E-state index in [1.54, 1.807) is 12.1 Å². The number of nitrogens with one attached hydrogen (secondary N) is 1. The summed E-state index contributed by atoms with van der Waals surface area (Å²) >= 11 is 0. The lowest BCUT2D eigenvalue weighted by Gasteiger charge is -2.32. The van der Waals surface area contributed by atoms with Crippen LogP contribution in [-0.2, 0) is 25.9 Å². The topological polar surface area (TPSA) is 89.3 Å². The average molecular weight is 588 g/mol. The van der Waals surface area contributed by atoms with Gasteiger partial charge >= 0.3 is 0 Å². The lowest BCUT2D eigenvalue weighted by Crippen LogP contribution is -2.39. The Labute approximate surface area is 257 Å². The molecule has 0 aliphatic carbocycles. The van der Waals surface area contributed by atoms with Crippen LogP contribution in [0.15, 0.2) is 85.1 Å². The molecule has 1 N–H and O–H groups in total. The number of hydrogen-bond acceptors (Lipinski definition) is 5. The second-order valence-electron chi connectivity index (χ2n) is 11.7. The van der Waals surface area contributed by atoms with Crippen molar-refractivity contribution in [2.75, 3.05) is 25.0 Å². The third kappa shape index (κ3) is 7.01. The van der Waals surface area contributed by atoms with E-state index in [1.807, 2.05) is 53.4 Å². The number of halogens is 1. The number of carbonyl (C=O) groups excluding carboxylic acids is 2. The molecule has 0 unspecified atom stereocenters. The van der Waals surface area contributed by atoms with E-state index in [9.17, 15) is 14.0 Å². The van der Waals surface area contributed by atoms with Crippen molar-refractivity contribution in [3.05, 3.63) is 130 Å². The lowest BCUT2D eigenvalue weighted by molar-refractivity contribution is 0.0689. The molecule has 3 aromatic carbocycles. The van der Waals surface area contributed by atoms with Gasteiger partial charge in [-0.1, -0.05) is 30.3 Å². The van der Waals surface area contributed by atoms with Crippen molar-refractivity contribution in [2.45, 2.75) is 38.8 Å². The zero-order chi connectivity index (χ0) is 30.5. The summed E-state index contributed by atoms with van der Waals surface area (Å²) in [5.41, 5.74) is 6.82. The maximum Gasteiger partial charge on any atom is 0.274 e. The largest absolute Gasteiger partial charge is 0.339 e. The number of carbonyl (C=O) groups is 2. The predicted octanol–water partition coefficient (Wildman–Crippen LogP) is 6.00. The van der Waals surface area contributed by atoms with Crippen LogP contribution in [0.3, 0.4) is 0 Å². The summed E-state index contributed by atoms with van der Waals surface area (Å²) in [6, 6.07) is 25.8. The minimum Gasteiger partial charge on any atom is -0.339 e. The Morgan fingerprint density at radius 3 is 2.36 bits per heavy atom. The summed E-state index contributed by atoms with van der Waals surface area (Å²) in [4.78, 5) is 34.6. The van der Waals surface area contributed by atoms with Gasteiger partial charge in [-0.25, -0.2) is 4.39 Å². The van der Waals surface area contributed by atoms with Crippen LogP contribution in [0.2, 0.25) is 0 Å². The molecule has 1 saturated heterocycles. The molecule has 0 bridgehead atoms. The molecule has 222 valence electrons. The summed E-state index contributed by atoms with van der Waals surface area (Å²) in [5, 5.41) is 12.0. The normalized spacial score (nSPS) is 15.3. The molecule has 2 aliphatic rings. The molecule has 4 aromatic rings. The van der Waals surface area contributed by atoms with Crippen LogP contribution in [0.4, 0.5) is 10.1 Å². The summed E-state index contributed by atoms with van der Waals surface area (Å²) in [7, 11) is 0. The van der Waals surface area contributed by atoms with Gasteiger partial charge in [0, 0.05) is 44.6 Å². The SMILES string of the molecule is N#Cc1ccc(CN2CCc3ccc(NC(=O)c4ccc(C(=O)N5CCC(Cc6ccc(F)cc6)CC5)cn4)cc3C2)cc1. The number of aromatic nitrogens is 1. The highest BCUT2D eigenvalue weighted by atomic mass is 19.1. The highest BCUT2D eigenvalue weighted by Gasteiger charge is 2.24. The van der Waals surface area contributed by atoms with Gasteiger partial charge in [0.05, 0.1) is 17.2 Å². The van der Waals surface area contributed by atoms with E-state index >= 15 is 0 Å². The first-order chi connectivity index (χ1) is 21.4. The maximum atomic E-state index is 13.2. The van der Waals surface area contributed by atoms with Gasteiger partial charge in [0.1, 0.15) is 11.5 Å². The number of hydrogen-bond donors (Lipinski definition) is 1. The van der Waals surface area contributed by atoms with E-state index in [-0.39, 0.29) is 23.3 Å². The minimum absolute atomic E-state index is 0.0788. The molecule has 7 nitrogen and oxygen atoms in total. The molecule has 1 fully saturated rings. The van der Waals surface area contributed by atoms with E-state index < -0.39 is 0 Å². The number of nitriles is 1. The predicted molar refractivity (Wildman–Crippen MR) is 166 cm³/mol. The number of piperidine rings is 1. The quantitative estimate of drug-likeness (QED) is 0.287. The highest BCUT2D eigenvalue weighted by molar-refractivity contribution is 6.03. The van der Waals surface area contributed by atoms with Crippen LogP contribution in [0.5, 0.6) is 0 Å². The second kappa shape index (κ2) is 13.2. The lowest BCUT2D eigenvalue weighted by atomic mass is 9.90. The number of rotatable bonds is 7. The molecule has 1 aromatic heterocycles. The fourth-order valence-corrected chi connectivity index (χ4v) is 6.10. The monoisotopic (exact) mass is 587 g/mol. The van der Waals surface area contributed by atoms with E-state index in [1.165, 1.54) is 29.5 Å². The second-order valence-corrected chi connectivity index (χ2v) is 11.7. The third-order valence-electron chi connectivity index (χ3n) is 8.63. The van der Waals surface area contributed by atoms with Crippen LogP contribution in [0.25, 0.3) is 0 Å². The highest BCUT2D eigenvalue weighted by Crippen LogP contribution is 2.25. The third-order valence-corrected chi connectivity index (χ3v) is 8.63. The van der Waals surface area contributed by atoms with Gasteiger partial charge in [-0.15, -0.1) is 0 Å². The van der Waals surface area contributed by atoms with Crippen LogP contribution in [0.1, 0.15) is 61.5 Å². The average Bonchev–Trinajstić information content (AvgIpc) is 3.06. The number of pyridine rings is 1. The van der Waals surface area contributed by atoms with Gasteiger partial charge in [0.25, 0.3) is 11.8 Å². The van der Waals surface area contributed by atoms with Gasteiger partial charge in [0.15, 0.2) is 0 Å². The first-order valence-corrected chi connectivity index (χ1v) is 15.1. The Morgan fingerprint density at radius 2 is 1.66 bits per heavy atom. The number of nitrogens with zero attached hydrogens (tertiary/aromatic N) is 4. The zero-order valence-corrected chi connectivity index (χ0v) is 24.5. The summed E-state index contributed by atoms with van der Waals surface area (Å²) < 4.78 is 13.2. The molecule has 3 heterocycles. The van der Waals surface area contributed by atoms with Crippen LogP contribution in [0, 0.1) is 23.1 Å². The van der Waals surface area contributed by atoms with Gasteiger partial charge in [0.2, 0.25) is 0 Å². The Kier molecular flexibility index (Phi) is 8.76. The number of benzene rings is 3. The maximum absolute atomic E-state index is 13.2. The Hall–Kier alpha value is -4.87. The smallest absolute Gasteiger partial charge is 0.274 e. The molecule has 8 heteroatoms. The van der Waals surface area contributed by atoms with Crippen LogP contribution in [-0.4, -0.2) is 46.2 Å². The zero-order valence-electron chi connectivity index (χ0n) is 24.5. The Balaban J connectivity index is 1.01. The van der Waals surface area contributed by atoms with Crippen molar-refractivity contribution in [3.63, 3.8) is 0 Å². The number of fused-ring (bicyclic) bond motifs is 1. The van der Waals surface area contributed by atoms with E-state index in [2.05, 4.69) is 27.3 Å². The molecule has 0 spiro atoms. The van der Waals surface area contributed by atoms with Gasteiger partial charge in [-0.05, 0) is 102 Å². The van der Waals surface area contributed by atoms with Crippen molar-refractivity contribution in [2.24, 2.45) is 5.92 Å². The molecule has 0 atom stereocenters. The first kappa shape index (κ1) is 29.2. The Morgan fingerprint density at radius 1 is 0.909 bits per heavy atom.